The van der Waals surface area contributed by atoms with E-state index in [0.29, 0.717) is 12.0 Å². The third kappa shape index (κ3) is 1.97. The number of nitrogens with zero attached hydrogens (tertiary/aromatic N) is 4. The van der Waals surface area contributed by atoms with E-state index in [-0.39, 0.29) is 5.82 Å². The number of aromatic nitrogens is 2. The summed E-state index contributed by atoms with van der Waals surface area (Å²) in [6.07, 6.45) is 3.54. The Morgan fingerprint density at radius 2 is 2.00 bits per heavy atom. The van der Waals surface area contributed by atoms with Crippen molar-refractivity contribution in [2.24, 2.45) is 0 Å². The highest BCUT2D eigenvalue weighted by molar-refractivity contribution is 5.19. The predicted octanol–water partition coefficient (Wildman–Crippen LogP) is 1.16. The molecule has 0 atom stereocenters. The smallest absolute Gasteiger partial charge is 0.232 e. The van der Waals surface area contributed by atoms with Gasteiger partial charge in [-0.2, -0.15) is 5.26 Å². The Hall–Kier alpha value is -1.47. The van der Waals surface area contributed by atoms with Crippen LogP contribution in [0.1, 0.15) is 31.2 Å². The Morgan fingerprint density at radius 3 is 2.47 bits per heavy atom. The third-order valence-corrected chi connectivity index (χ3v) is 2.88. The highest BCUT2D eigenvalue weighted by atomic mass is 15.2. The lowest BCUT2D eigenvalue weighted by molar-refractivity contribution is 0.109. The minimum absolute atomic E-state index is 0.249. The Bertz CT molecular complexity index is 371. The molecule has 0 amide bonds. The number of rotatable bonds is 2. The van der Waals surface area contributed by atoms with Crippen molar-refractivity contribution >= 4 is 0 Å². The number of likely N-dealkylation sites (tertiary alicyclic amines) is 1. The molecule has 78 valence electrons. The summed E-state index contributed by atoms with van der Waals surface area (Å²) in [5.74, 6) is 0.791. The van der Waals surface area contributed by atoms with Gasteiger partial charge >= 0.3 is 0 Å². The molecule has 4 nitrogen and oxygen atoms in total. The van der Waals surface area contributed by atoms with Crippen LogP contribution in [0.3, 0.4) is 0 Å². The maximum atomic E-state index is 8.57. The van der Waals surface area contributed by atoms with Gasteiger partial charge in [-0.15, -0.1) is 0 Å². The molecule has 2 rings (SSSR count). The molecule has 15 heavy (non-hydrogen) atoms. The highest BCUT2D eigenvalue weighted by Gasteiger charge is 2.29. The van der Waals surface area contributed by atoms with E-state index in [9.17, 15) is 0 Å². The summed E-state index contributed by atoms with van der Waals surface area (Å²) in [5, 5.41) is 8.57. The number of nitriles is 1. The first kappa shape index (κ1) is 10.1. The van der Waals surface area contributed by atoms with Crippen LogP contribution in [0, 0.1) is 11.3 Å². The van der Waals surface area contributed by atoms with E-state index in [1.54, 1.807) is 12.4 Å². The van der Waals surface area contributed by atoms with Gasteiger partial charge in [0.25, 0.3) is 0 Å². The average Bonchev–Trinajstić information content (AvgIpc) is 2.16. The standard InChI is InChI=1S/C11H14N4/c1-8(2)15-6-10(7-15)9-4-13-11(3-12)14-5-9/h4-5,8,10H,6-7H2,1-2H3. The van der Waals surface area contributed by atoms with Gasteiger partial charge in [-0.1, -0.05) is 0 Å². The van der Waals surface area contributed by atoms with Crippen molar-refractivity contribution in [3.8, 4) is 6.07 Å². The molecule has 0 N–H and O–H groups in total. The van der Waals surface area contributed by atoms with Crippen LogP contribution in [0.15, 0.2) is 12.4 Å². The van der Waals surface area contributed by atoms with E-state index in [0.717, 1.165) is 18.7 Å². The minimum Gasteiger partial charge on any atom is -0.300 e. The molecule has 1 saturated heterocycles. The summed E-state index contributed by atoms with van der Waals surface area (Å²) in [6, 6.07) is 2.54. The molecule has 1 aromatic heterocycles. The summed E-state index contributed by atoms with van der Waals surface area (Å²) in [7, 11) is 0. The minimum atomic E-state index is 0.249. The Balaban J connectivity index is 1.99. The SMILES string of the molecule is CC(C)N1CC(c2cnc(C#N)nc2)C1. The number of hydrogen-bond donors (Lipinski definition) is 0. The van der Waals surface area contributed by atoms with Crippen molar-refractivity contribution in [3.05, 3.63) is 23.8 Å². The fourth-order valence-corrected chi connectivity index (χ4v) is 1.75. The highest BCUT2D eigenvalue weighted by Crippen LogP contribution is 2.27. The molecule has 0 aromatic carbocycles. The van der Waals surface area contributed by atoms with Crippen LogP contribution < -0.4 is 0 Å². The molecule has 0 bridgehead atoms. The molecular weight excluding hydrogens is 188 g/mol. The molecule has 1 aliphatic heterocycles. The number of hydrogen-bond acceptors (Lipinski definition) is 4. The zero-order chi connectivity index (χ0) is 10.8. The monoisotopic (exact) mass is 202 g/mol. The fourth-order valence-electron chi connectivity index (χ4n) is 1.75. The summed E-state index contributed by atoms with van der Waals surface area (Å²) in [6.45, 7) is 6.55. The van der Waals surface area contributed by atoms with Gasteiger partial charge in [0.1, 0.15) is 6.07 Å². The van der Waals surface area contributed by atoms with Crippen molar-refractivity contribution in [2.75, 3.05) is 13.1 Å². The van der Waals surface area contributed by atoms with Gasteiger partial charge in [-0.25, -0.2) is 9.97 Å². The maximum absolute atomic E-state index is 8.57. The van der Waals surface area contributed by atoms with Crippen LogP contribution >= 0.6 is 0 Å². The van der Waals surface area contributed by atoms with Gasteiger partial charge in [-0.3, -0.25) is 4.90 Å². The van der Waals surface area contributed by atoms with E-state index >= 15 is 0 Å². The molecule has 2 heterocycles. The lowest BCUT2D eigenvalue weighted by atomic mass is 9.92. The molecular formula is C11H14N4. The van der Waals surface area contributed by atoms with Crippen LogP contribution in [-0.2, 0) is 0 Å². The maximum Gasteiger partial charge on any atom is 0.232 e. The first-order valence-corrected chi connectivity index (χ1v) is 5.17. The topological polar surface area (TPSA) is 52.8 Å². The summed E-state index contributed by atoms with van der Waals surface area (Å²) in [4.78, 5) is 10.4. The van der Waals surface area contributed by atoms with Gasteiger partial charge in [0.2, 0.25) is 5.82 Å². The molecule has 1 fully saturated rings. The van der Waals surface area contributed by atoms with Crippen LogP contribution in [0.25, 0.3) is 0 Å². The van der Waals surface area contributed by atoms with E-state index in [1.165, 1.54) is 0 Å². The van der Waals surface area contributed by atoms with Crippen LogP contribution in [0.2, 0.25) is 0 Å². The molecule has 0 radical (unpaired) electrons. The van der Waals surface area contributed by atoms with Gasteiger partial charge in [0.05, 0.1) is 0 Å². The second kappa shape index (κ2) is 3.95. The Morgan fingerprint density at radius 1 is 1.40 bits per heavy atom. The van der Waals surface area contributed by atoms with E-state index in [4.69, 9.17) is 5.26 Å². The van der Waals surface area contributed by atoms with Gasteiger partial charge < -0.3 is 0 Å². The molecule has 0 saturated carbocycles. The summed E-state index contributed by atoms with van der Waals surface area (Å²) < 4.78 is 0. The van der Waals surface area contributed by atoms with Crippen molar-refractivity contribution in [2.45, 2.75) is 25.8 Å². The largest absolute Gasteiger partial charge is 0.300 e. The van der Waals surface area contributed by atoms with Gasteiger partial charge in [0, 0.05) is 37.4 Å². The normalized spacial score (nSPS) is 17.5. The second-order valence-electron chi connectivity index (χ2n) is 4.20. The Labute approximate surface area is 89.6 Å². The Kier molecular flexibility index (Phi) is 2.65. The molecule has 0 unspecified atom stereocenters. The molecule has 0 spiro atoms. The second-order valence-corrected chi connectivity index (χ2v) is 4.20. The first-order chi connectivity index (χ1) is 7.20. The lowest BCUT2D eigenvalue weighted by Gasteiger charge is -2.42. The molecule has 1 aromatic rings. The molecule has 4 heteroatoms. The van der Waals surface area contributed by atoms with Gasteiger partial charge in [-0.05, 0) is 19.4 Å². The van der Waals surface area contributed by atoms with Crippen molar-refractivity contribution in [3.63, 3.8) is 0 Å². The van der Waals surface area contributed by atoms with Crippen LogP contribution in [0.5, 0.6) is 0 Å². The zero-order valence-corrected chi connectivity index (χ0v) is 9.01. The zero-order valence-electron chi connectivity index (χ0n) is 9.01. The third-order valence-electron chi connectivity index (χ3n) is 2.88. The average molecular weight is 202 g/mol. The molecule has 0 aliphatic carbocycles. The summed E-state index contributed by atoms with van der Waals surface area (Å²) in [5.41, 5.74) is 1.14. The predicted molar refractivity (Wildman–Crippen MR) is 56.2 cm³/mol. The van der Waals surface area contributed by atoms with Crippen molar-refractivity contribution in [1.29, 1.82) is 5.26 Å². The van der Waals surface area contributed by atoms with Crippen molar-refractivity contribution in [1.82, 2.24) is 14.9 Å². The summed E-state index contributed by atoms with van der Waals surface area (Å²) >= 11 is 0. The fraction of sp³-hybridized carbons (Fsp3) is 0.545. The van der Waals surface area contributed by atoms with E-state index in [2.05, 4.69) is 28.7 Å². The van der Waals surface area contributed by atoms with E-state index < -0.39 is 0 Å². The molecule has 1 aliphatic rings. The van der Waals surface area contributed by atoms with Gasteiger partial charge in [0.15, 0.2) is 0 Å². The first-order valence-electron chi connectivity index (χ1n) is 5.17. The van der Waals surface area contributed by atoms with Crippen LogP contribution in [-0.4, -0.2) is 34.0 Å². The van der Waals surface area contributed by atoms with E-state index in [1.807, 2.05) is 6.07 Å². The van der Waals surface area contributed by atoms with Crippen LogP contribution in [0.4, 0.5) is 0 Å². The lowest BCUT2D eigenvalue weighted by Crippen LogP contribution is -2.48. The van der Waals surface area contributed by atoms with Crippen molar-refractivity contribution < 1.29 is 0 Å². The quantitative estimate of drug-likeness (QED) is 0.722.